The number of nitrogens with one attached hydrogen (secondary N) is 1. The van der Waals surface area contributed by atoms with E-state index < -0.39 is 4.92 Å². The zero-order valence-electron chi connectivity index (χ0n) is 14.7. The molecule has 0 aromatic heterocycles. The highest BCUT2D eigenvalue weighted by Crippen LogP contribution is 2.29. The van der Waals surface area contributed by atoms with Gasteiger partial charge in [0.15, 0.2) is 0 Å². The Morgan fingerprint density at radius 1 is 1.23 bits per heavy atom. The van der Waals surface area contributed by atoms with Crippen molar-refractivity contribution in [3.63, 3.8) is 0 Å². The van der Waals surface area contributed by atoms with Crippen LogP contribution >= 0.6 is 0 Å². The zero-order chi connectivity index (χ0) is 18.7. The summed E-state index contributed by atoms with van der Waals surface area (Å²) in [4.78, 5) is 25.4. The molecule has 1 fully saturated rings. The summed E-state index contributed by atoms with van der Waals surface area (Å²) in [5.41, 5.74) is 1.76. The molecular formula is C19H21N3O4. The fourth-order valence-corrected chi connectivity index (χ4v) is 3.18. The molecule has 1 aliphatic rings. The summed E-state index contributed by atoms with van der Waals surface area (Å²) < 4.78 is 5.99. The van der Waals surface area contributed by atoms with E-state index in [-0.39, 0.29) is 23.8 Å². The van der Waals surface area contributed by atoms with Crippen molar-refractivity contribution < 1.29 is 14.5 Å². The number of amides is 1. The lowest BCUT2D eigenvalue weighted by molar-refractivity contribution is -0.384. The zero-order valence-corrected chi connectivity index (χ0v) is 14.7. The molecule has 0 radical (unpaired) electrons. The molecule has 0 aliphatic carbocycles. The molecule has 7 heteroatoms. The molecule has 1 heterocycles. The average molecular weight is 355 g/mol. The van der Waals surface area contributed by atoms with Crippen LogP contribution < -0.4 is 5.32 Å². The molecule has 0 spiro atoms. The molecule has 7 nitrogen and oxygen atoms in total. The Balaban J connectivity index is 1.89. The maximum absolute atomic E-state index is 13.1. The number of carbonyl (C=O) groups excluding carboxylic acids is 1. The van der Waals surface area contributed by atoms with E-state index in [0.717, 1.165) is 5.56 Å². The molecule has 2 aromatic rings. The minimum Gasteiger partial charge on any atom is -0.387 e. The Morgan fingerprint density at radius 3 is 2.62 bits per heavy atom. The molecule has 0 bridgehead atoms. The maximum Gasteiger partial charge on any atom is 0.270 e. The first-order chi connectivity index (χ1) is 12.5. The Morgan fingerprint density at radius 2 is 1.96 bits per heavy atom. The SMILES string of the molecule is CNc1ccc([N+](=O)[O-])cc1C(=O)N1C[C@@H](C)O[C@H](c2ccccc2)C1. The monoisotopic (exact) mass is 355 g/mol. The standard InChI is InChI=1S/C19H21N3O4/c1-13-11-21(12-18(26-13)14-6-4-3-5-7-14)19(23)16-10-15(22(24)25)8-9-17(16)20-2/h3-10,13,18,20H,11-12H2,1-2H3/t13-,18+/m1/s1. The predicted molar refractivity (Wildman–Crippen MR) is 98.3 cm³/mol. The number of hydrogen-bond donors (Lipinski definition) is 1. The van der Waals surface area contributed by atoms with Crippen LogP contribution in [0.4, 0.5) is 11.4 Å². The summed E-state index contributed by atoms with van der Waals surface area (Å²) >= 11 is 0. The molecule has 1 aliphatic heterocycles. The number of nitrogens with zero attached hydrogens (tertiary/aromatic N) is 2. The second-order valence-electron chi connectivity index (χ2n) is 6.29. The molecule has 2 atom stereocenters. The van der Waals surface area contributed by atoms with Crippen LogP contribution in [-0.4, -0.2) is 42.0 Å². The number of anilines is 1. The van der Waals surface area contributed by atoms with E-state index in [9.17, 15) is 14.9 Å². The summed E-state index contributed by atoms with van der Waals surface area (Å²) in [6, 6.07) is 14.0. The van der Waals surface area contributed by atoms with Gasteiger partial charge in [0, 0.05) is 31.4 Å². The van der Waals surface area contributed by atoms with E-state index in [1.54, 1.807) is 18.0 Å². The summed E-state index contributed by atoms with van der Waals surface area (Å²) in [6.07, 6.45) is -0.352. The van der Waals surface area contributed by atoms with Crippen LogP contribution in [-0.2, 0) is 4.74 Å². The van der Waals surface area contributed by atoms with E-state index in [0.29, 0.717) is 24.3 Å². The van der Waals surface area contributed by atoms with Gasteiger partial charge in [0.1, 0.15) is 6.10 Å². The molecule has 1 amide bonds. The summed E-state index contributed by atoms with van der Waals surface area (Å²) in [7, 11) is 1.69. The van der Waals surface area contributed by atoms with Gasteiger partial charge >= 0.3 is 0 Å². The minimum absolute atomic E-state index is 0.103. The lowest BCUT2D eigenvalue weighted by Crippen LogP contribution is -2.46. The number of ether oxygens (including phenoxy) is 1. The topological polar surface area (TPSA) is 84.7 Å². The second-order valence-corrected chi connectivity index (χ2v) is 6.29. The predicted octanol–water partition coefficient (Wildman–Crippen LogP) is 3.24. The van der Waals surface area contributed by atoms with Gasteiger partial charge in [-0.3, -0.25) is 14.9 Å². The van der Waals surface area contributed by atoms with Gasteiger partial charge in [0.25, 0.3) is 11.6 Å². The fourth-order valence-electron chi connectivity index (χ4n) is 3.18. The highest BCUT2D eigenvalue weighted by atomic mass is 16.6. The van der Waals surface area contributed by atoms with E-state index in [1.807, 2.05) is 37.3 Å². The van der Waals surface area contributed by atoms with Crippen LogP contribution in [0.2, 0.25) is 0 Å². The van der Waals surface area contributed by atoms with Crippen molar-refractivity contribution >= 4 is 17.3 Å². The fraction of sp³-hybridized carbons (Fsp3) is 0.316. The van der Waals surface area contributed by atoms with Crippen molar-refractivity contribution in [1.29, 1.82) is 0 Å². The Kier molecular flexibility index (Phi) is 5.18. The van der Waals surface area contributed by atoms with Crippen LogP contribution in [0.3, 0.4) is 0 Å². The van der Waals surface area contributed by atoms with E-state index in [4.69, 9.17) is 4.74 Å². The van der Waals surface area contributed by atoms with Crippen molar-refractivity contribution in [2.75, 3.05) is 25.5 Å². The molecule has 2 aromatic carbocycles. The van der Waals surface area contributed by atoms with Crippen molar-refractivity contribution in [2.24, 2.45) is 0 Å². The van der Waals surface area contributed by atoms with Gasteiger partial charge in [-0.25, -0.2) is 0 Å². The molecule has 3 rings (SSSR count). The van der Waals surface area contributed by atoms with Gasteiger partial charge in [-0.2, -0.15) is 0 Å². The lowest BCUT2D eigenvalue weighted by Gasteiger charge is -2.37. The second kappa shape index (κ2) is 7.53. The van der Waals surface area contributed by atoms with Gasteiger partial charge in [-0.05, 0) is 18.6 Å². The number of non-ortho nitro benzene ring substituents is 1. The third-order valence-electron chi connectivity index (χ3n) is 4.43. The molecule has 1 saturated heterocycles. The van der Waals surface area contributed by atoms with E-state index >= 15 is 0 Å². The van der Waals surface area contributed by atoms with Gasteiger partial charge in [0.05, 0.1) is 23.1 Å². The average Bonchev–Trinajstić information content (AvgIpc) is 2.67. The number of rotatable bonds is 4. The van der Waals surface area contributed by atoms with Gasteiger partial charge in [-0.15, -0.1) is 0 Å². The largest absolute Gasteiger partial charge is 0.387 e. The number of carbonyl (C=O) groups is 1. The number of morpholine rings is 1. The minimum atomic E-state index is -0.495. The number of benzene rings is 2. The number of nitro groups is 1. The summed E-state index contributed by atoms with van der Waals surface area (Å²) in [6.45, 7) is 2.76. The van der Waals surface area contributed by atoms with Crippen LogP contribution in [0.15, 0.2) is 48.5 Å². The molecule has 0 unspecified atom stereocenters. The first-order valence-electron chi connectivity index (χ1n) is 8.45. The lowest BCUT2D eigenvalue weighted by atomic mass is 10.0. The maximum atomic E-state index is 13.1. The Labute approximate surface area is 151 Å². The van der Waals surface area contributed by atoms with Crippen molar-refractivity contribution in [3.8, 4) is 0 Å². The molecule has 26 heavy (non-hydrogen) atoms. The van der Waals surface area contributed by atoms with Crippen molar-refractivity contribution in [3.05, 3.63) is 69.8 Å². The van der Waals surface area contributed by atoms with Crippen molar-refractivity contribution in [2.45, 2.75) is 19.1 Å². The Hall–Kier alpha value is -2.93. The Bertz CT molecular complexity index is 810. The number of hydrogen-bond acceptors (Lipinski definition) is 5. The third kappa shape index (κ3) is 3.67. The highest BCUT2D eigenvalue weighted by Gasteiger charge is 2.31. The smallest absolute Gasteiger partial charge is 0.270 e. The van der Waals surface area contributed by atoms with E-state index in [1.165, 1.54) is 12.1 Å². The first kappa shape index (κ1) is 17.9. The van der Waals surface area contributed by atoms with Crippen LogP contribution in [0.1, 0.15) is 28.9 Å². The third-order valence-corrected chi connectivity index (χ3v) is 4.43. The van der Waals surface area contributed by atoms with Crippen LogP contribution in [0.5, 0.6) is 0 Å². The quantitative estimate of drug-likeness (QED) is 0.672. The van der Waals surface area contributed by atoms with Gasteiger partial charge < -0.3 is 15.0 Å². The van der Waals surface area contributed by atoms with Crippen LogP contribution in [0, 0.1) is 10.1 Å². The first-order valence-corrected chi connectivity index (χ1v) is 8.45. The van der Waals surface area contributed by atoms with Crippen molar-refractivity contribution in [1.82, 2.24) is 4.90 Å². The summed E-state index contributed by atoms with van der Waals surface area (Å²) in [5, 5.41) is 14.0. The van der Waals surface area contributed by atoms with Gasteiger partial charge in [-0.1, -0.05) is 30.3 Å². The molecule has 1 N–H and O–H groups in total. The van der Waals surface area contributed by atoms with Crippen LogP contribution in [0.25, 0.3) is 0 Å². The molecular weight excluding hydrogens is 334 g/mol. The number of nitro benzene ring substituents is 1. The van der Waals surface area contributed by atoms with Gasteiger partial charge in [0.2, 0.25) is 0 Å². The molecule has 0 saturated carbocycles. The molecule has 136 valence electrons. The summed E-state index contributed by atoms with van der Waals surface area (Å²) in [5.74, 6) is -0.242. The highest BCUT2D eigenvalue weighted by molar-refractivity contribution is 6.00. The normalized spacial score (nSPS) is 19.8. The van der Waals surface area contributed by atoms with E-state index in [2.05, 4.69) is 5.32 Å².